The molecule has 4 rings (SSSR count). The lowest BCUT2D eigenvalue weighted by molar-refractivity contribution is 0.583. The second-order valence-electron chi connectivity index (χ2n) is 6.86. The Labute approximate surface area is 178 Å². The first-order valence-electron chi connectivity index (χ1n) is 9.14. The van der Waals surface area contributed by atoms with Gasteiger partial charge in [0.05, 0.1) is 27.2 Å². The van der Waals surface area contributed by atoms with E-state index in [0.29, 0.717) is 22.5 Å². The molecule has 1 aliphatic heterocycles. The molecule has 2 heterocycles. The van der Waals surface area contributed by atoms with Crippen LogP contribution < -0.4 is 10.9 Å². The quantitative estimate of drug-likeness (QED) is 0.493. The van der Waals surface area contributed by atoms with Gasteiger partial charge in [-0.05, 0) is 24.6 Å². The largest absolute Gasteiger partial charge is 0.342 e. The molecule has 3 aromatic rings. The third-order valence-electron chi connectivity index (χ3n) is 4.72. The molecule has 0 fully saturated rings. The molecule has 2 aromatic carbocycles. The van der Waals surface area contributed by atoms with Gasteiger partial charge in [0.25, 0.3) is 0 Å². The van der Waals surface area contributed by atoms with Crippen molar-refractivity contribution in [3.8, 4) is 11.1 Å². The van der Waals surface area contributed by atoms with E-state index in [1.54, 1.807) is 19.1 Å². The first kappa shape index (κ1) is 21.2. The molecule has 0 bridgehead atoms. The Morgan fingerprint density at radius 1 is 1.10 bits per heavy atom. The maximum atomic E-state index is 12.8. The molecule has 1 aromatic heterocycles. The van der Waals surface area contributed by atoms with Crippen molar-refractivity contribution in [1.29, 1.82) is 0 Å². The van der Waals surface area contributed by atoms with E-state index in [4.69, 9.17) is 10.9 Å². The summed E-state index contributed by atoms with van der Waals surface area (Å²) in [6.45, 7) is 1.60. The molecule has 0 radical (unpaired) electrons. The number of imidazole rings is 1. The predicted octanol–water partition coefficient (Wildman–Crippen LogP) is 1.09. The lowest BCUT2D eigenvalue weighted by atomic mass is 9.97. The number of aryl methyl sites for hydroxylation is 1. The van der Waals surface area contributed by atoms with E-state index in [2.05, 4.69) is 25.2 Å². The number of hydrogen-bond donors (Lipinski definition) is 3. The van der Waals surface area contributed by atoms with Crippen LogP contribution in [0.4, 0.5) is 0 Å². The summed E-state index contributed by atoms with van der Waals surface area (Å²) in [5.41, 5.74) is 7.64. The Hall–Kier alpha value is -3.00. The second kappa shape index (κ2) is 7.60. The van der Waals surface area contributed by atoms with Gasteiger partial charge >= 0.3 is 0 Å². The molecule has 13 heteroatoms. The molecule has 0 saturated carbocycles. The fourth-order valence-electron chi connectivity index (χ4n) is 3.53. The van der Waals surface area contributed by atoms with E-state index in [1.165, 1.54) is 12.1 Å². The number of fused-ring (bicyclic) bond motifs is 1. The van der Waals surface area contributed by atoms with Crippen molar-refractivity contribution in [2.45, 2.75) is 16.7 Å². The minimum Gasteiger partial charge on any atom is -0.342 e. The molecular formula is C18H19N7O4S2. The van der Waals surface area contributed by atoms with Crippen LogP contribution in [0, 0.1) is 6.92 Å². The summed E-state index contributed by atoms with van der Waals surface area (Å²) in [7, 11) is -8.56. The van der Waals surface area contributed by atoms with Gasteiger partial charge in [-0.15, -0.1) is 5.11 Å². The summed E-state index contributed by atoms with van der Waals surface area (Å²) in [5.74, 6) is 0.194. The van der Waals surface area contributed by atoms with Crippen LogP contribution in [0.2, 0.25) is 0 Å². The number of para-hydroxylation sites is 1. The van der Waals surface area contributed by atoms with Gasteiger partial charge in [-0.2, -0.15) is 5.11 Å². The molecule has 162 valence electrons. The Kier molecular flexibility index (Phi) is 5.21. The predicted molar refractivity (Wildman–Crippen MR) is 115 cm³/mol. The molecule has 5 N–H and O–H groups in total. The van der Waals surface area contributed by atoms with Crippen LogP contribution in [0.1, 0.15) is 11.4 Å². The smallest absolute Gasteiger partial charge is 0.240 e. The molecule has 0 aliphatic carbocycles. The van der Waals surface area contributed by atoms with Gasteiger partial charge in [0, 0.05) is 12.1 Å². The zero-order valence-corrected chi connectivity index (χ0v) is 18.0. The minimum absolute atomic E-state index is 0.00960. The number of H-pyrrole nitrogens is 1. The monoisotopic (exact) mass is 461 g/mol. The topological polar surface area (TPSA) is 186 Å². The van der Waals surface area contributed by atoms with E-state index in [9.17, 15) is 16.8 Å². The number of benzene rings is 2. The maximum absolute atomic E-state index is 12.8. The number of rotatable bonds is 6. The summed E-state index contributed by atoms with van der Waals surface area (Å²) in [6.07, 6.45) is 0. The number of amidine groups is 1. The number of hydrogen-bond acceptors (Lipinski definition) is 9. The van der Waals surface area contributed by atoms with Gasteiger partial charge in [0.1, 0.15) is 10.7 Å². The fraction of sp³-hybridized carbons (Fsp3) is 0.222. The van der Waals surface area contributed by atoms with E-state index >= 15 is 0 Å². The average molecular weight is 462 g/mol. The van der Waals surface area contributed by atoms with E-state index in [-0.39, 0.29) is 24.6 Å². The standard InChI is InChI=1S/C18H19N7O4S2/c1-10-23-13-4-2-3-12(16(13)24-10)11-5-6-14(30(26,27)8-7-19)17(31(20,28)29)15(11)18-21-9-22-25-18/h2-6H,7-9,19H2,1H3,(H,23,24)(H2,20,28,29). The number of primary sulfonamides is 1. The fourth-order valence-corrected chi connectivity index (χ4v) is 6.29. The Bertz CT molecular complexity index is 1470. The van der Waals surface area contributed by atoms with Gasteiger partial charge in [0.15, 0.2) is 22.3 Å². The molecular weight excluding hydrogens is 442 g/mol. The highest BCUT2D eigenvalue weighted by atomic mass is 32.2. The lowest BCUT2D eigenvalue weighted by Crippen LogP contribution is -2.24. The van der Waals surface area contributed by atoms with Crippen LogP contribution in [0.15, 0.2) is 55.3 Å². The van der Waals surface area contributed by atoms with Gasteiger partial charge in [-0.1, -0.05) is 18.2 Å². The highest BCUT2D eigenvalue weighted by molar-refractivity contribution is 7.93. The Morgan fingerprint density at radius 2 is 1.87 bits per heavy atom. The first-order chi connectivity index (χ1) is 14.6. The van der Waals surface area contributed by atoms with Gasteiger partial charge in [-0.3, -0.25) is 0 Å². The van der Waals surface area contributed by atoms with Crippen molar-refractivity contribution in [3.05, 3.63) is 41.7 Å². The summed E-state index contributed by atoms with van der Waals surface area (Å²) >= 11 is 0. The van der Waals surface area contributed by atoms with Crippen LogP contribution in [0.5, 0.6) is 0 Å². The molecule has 0 atom stereocenters. The Morgan fingerprint density at radius 3 is 2.52 bits per heavy atom. The lowest BCUT2D eigenvalue weighted by Gasteiger charge is -2.17. The average Bonchev–Trinajstić information content (AvgIpc) is 3.34. The molecule has 1 aliphatic rings. The third-order valence-corrected chi connectivity index (χ3v) is 7.63. The zero-order valence-electron chi connectivity index (χ0n) is 16.4. The number of aromatic amines is 1. The van der Waals surface area contributed by atoms with Crippen molar-refractivity contribution in [2.24, 2.45) is 26.1 Å². The van der Waals surface area contributed by atoms with Crippen LogP contribution >= 0.6 is 0 Å². The highest BCUT2D eigenvalue weighted by Gasteiger charge is 2.32. The number of nitrogens with zero attached hydrogens (tertiary/aromatic N) is 4. The molecule has 31 heavy (non-hydrogen) atoms. The maximum Gasteiger partial charge on any atom is 0.240 e. The second-order valence-corrected chi connectivity index (χ2v) is 10.4. The van der Waals surface area contributed by atoms with Crippen LogP contribution in [-0.2, 0) is 19.9 Å². The normalized spacial score (nSPS) is 14.4. The Balaban J connectivity index is 2.16. The van der Waals surface area contributed by atoms with Gasteiger partial charge in [-0.25, -0.2) is 32.0 Å². The van der Waals surface area contributed by atoms with E-state index in [0.717, 1.165) is 5.52 Å². The summed E-state index contributed by atoms with van der Waals surface area (Å²) in [5, 5.41) is 13.2. The molecule has 11 nitrogen and oxygen atoms in total. The zero-order chi connectivity index (χ0) is 22.4. The third kappa shape index (κ3) is 3.76. The number of sulfonamides is 1. The minimum atomic E-state index is -4.51. The summed E-state index contributed by atoms with van der Waals surface area (Å²) < 4.78 is 51.0. The summed E-state index contributed by atoms with van der Waals surface area (Å²) in [6, 6.07) is 8.06. The van der Waals surface area contributed by atoms with E-state index in [1.807, 2.05) is 6.07 Å². The number of aromatic nitrogens is 2. The summed E-state index contributed by atoms with van der Waals surface area (Å²) in [4.78, 5) is 10.7. The van der Waals surface area contributed by atoms with Crippen molar-refractivity contribution < 1.29 is 16.8 Å². The highest BCUT2D eigenvalue weighted by Crippen LogP contribution is 2.37. The van der Waals surface area contributed by atoms with Crippen LogP contribution in [0.25, 0.3) is 22.2 Å². The van der Waals surface area contributed by atoms with Crippen molar-refractivity contribution in [2.75, 3.05) is 19.0 Å². The van der Waals surface area contributed by atoms with Crippen LogP contribution in [-0.4, -0.2) is 51.6 Å². The van der Waals surface area contributed by atoms with Gasteiger partial charge in [0.2, 0.25) is 10.0 Å². The molecule has 0 saturated heterocycles. The van der Waals surface area contributed by atoms with E-state index < -0.39 is 35.4 Å². The molecule has 0 unspecified atom stereocenters. The number of nitrogens with one attached hydrogen (secondary N) is 1. The SMILES string of the molecule is Cc1nc2c(-c3ccc(S(=O)(=O)CCN)c(S(N)(=O)=O)c3C3=NCN=N3)cccc2[nH]1. The van der Waals surface area contributed by atoms with Gasteiger partial charge < -0.3 is 10.7 Å². The number of sulfone groups is 1. The molecule has 0 amide bonds. The van der Waals surface area contributed by atoms with Crippen LogP contribution in [0.3, 0.4) is 0 Å². The van der Waals surface area contributed by atoms with Crippen molar-refractivity contribution in [3.63, 3.8) is 0 Å². The van der Waals surface area contributed by atoms with Crippen molar-refractivity contribution in [1.82, 2.24) is 9.97 Å². The molecule has 0 spiro atoms. The van der Waals surface area contributed by atoms with Crippen molar-refractivity contribution >= 4 is 36.7 Å². The number of azo groups is 1. The first-order valence-corrected chi connectivity index (χ1v) is 12.3. The number of aliphatic imine (C=N–C) groups is 1. The number of nitrogens with two attached hydrogens (primary N) is 2.